The lowest BCUT2D eigenvalue weighted by atomic mass is 9.99. The molecule has 0 bridgehead atoms. The van der Waals surface area contributed by atoms with E-state index in [1.54, 1.807) is 0 Å². The molecule has 2 rings (SSSR count). The highest BCUT2D eigenvalue weighted by molar-refractivity contribution is 6.30. The SMILES string of the molecule is C=C[C@H](c1ccc(Cl)cc1C)N1CCNCC1. The summed E-state index contributed by atoms with van der Waals surface area (Å²) in [6.07, 6.45) is 2.03. The molecule has 1 N–H and O–H groups in total. The van der Waals surface area contributed by atoms with Crippen LogP contribution < -0.4 is 5.32 Å². The molecule has 0 aliphatic carbocycles. The summed E-state index contributed by atoms with van der Waals surface area (Å²) in [5, 5.41) is 4.17. The van der Waals surface area contributed by atoms with Gasteiger partial charge in [0.15, 0.2) is 0 Å². The average Bonchev–Trinajstić information content (AvgIpc) is 2.34. The number of nitrogens with one attached hydrogen (secondary N) is 1. The van der Waals surface area contributed by atoms with Crippen LogP contribution in [0.1, 0.15) is 17.2 Å². The molecule has 0 radical (unpaired) electrons. The number of benzene rings is 1. The van der Waals surface area contributed by atoms with Gasteiger partial charge in [0.2, 0.25) is 0 Å². The van der Waals surface area contributed by atoms with Crippen molar-refractivity contribution in [1.82, 2.24) is 10.2 Å². The minimum atomic E-state index is 0.300. The zero-order valence-electron chi connectivity index (χ0n) is 10.2. The molecule has 2 nitrogen and oxygen atoms in total. The third kappa shape index (κ3) is 2.89. The van der Waals surface area contributed by atoms with Crippen molar-refractivity contribution in [2.75, 3.05) is 26.2 Å². The monoisotopic (exact) mass is 250 g/mol. The minimum Gasteiger partial charge on any atom is -0.314 e. The standard InChI is InChI=1S/C14H19ClN2/c1-3-14(17-8-6-16-7-9-17)13-5-4-12(15)10-11(13)2/h3-5,10,14,16H,1,6-9H2,2H3/t14-/m1/s1. The molecule has 0 saturated carbocycles. The Morgan fingerprint density at radius 3 is 2.71 bits per heavy atom. The summed E-state index contributed by atoms with van der Waals surface area (Å²) in [5.41, 5.74) is 2.55. The summed E-state index contributed by atoms with van der Waals surface area (Å²) in [5.74, 6) is 0. The van der Waals surface area contributed by atoms with Gasteiger partial charge in [0.25, 0.3) is 0 Å². The van der Waals surface area contributed by atoms with Gasteiger partial charge < -0.3 is 5.32 Å². The van der Waals surface area contributed by atoms with Crippen molar-refractivity contribution in [3.05, 3.63) is 47.0 Å². The van der Waals surface area contributed by atoms with Gasteiger partial charge in [-0.1, -0.05) is 23.7 Å². The van der Waals surface area contributed by atoms with Crippen LogP contribution in [0.15, 0.2) is 30.9 Å². The number of hydrogen-bond acceptors (Lipinski definition) is 2. The van der Waals surface area contributed by atoms with Gasteiger partial charge in [-0.15, -0.1) is 6.58 Å². The van der Waals surface area contributed by atoms with E-state index < -0.39 is 0 Å². The number of nitrogens with zero attached hydrogens (tertiary/aromatic N) is 1. The van der Waals surface area contributed by atoms with Crippen LogP contribution in [0.5, 0.6) is 0 Å². The highest BCUT2D eigenvalue weighted by atomic mass is 35.5. The molecular weight excluding hydrogens is 232 g/mol. The number of hydrogen-bond donors (Lipinski definition) is 1. The van der Waals surface area contributed by atoms with E-state index in [4.69, 9.17) is 11.6 Å². The van der Waals surface area contributed by atoms with E-state index in [-0.39, 0.29) is 0 Å². The van der Waals surface area contributed by atoms with Gasteiger partial charge in [-0.25, -0.2) is 0 Å². The third-order valence-electron chi connectivity index (χ3n) is 3.32. The number of rotatable bonds is 3. The van der Waals surface area contributed by atoms with Gasteiger partial charge in [0.05, 0.1) is 6.04 Å². The van der Waals surface area contributed by atoms with Crippen LogP contribution in [0, 0.1) is 6.92 Å². The molecule has 0 unspecified atom stereocenters. The van der Waals surface area contributed by atoms with Crippen LogP contribution in [0.3, 0.4) is 0 Å². The van der Waals surface area contributed by atoms with Crippen molar-refractivity contribution in [2.45, 2.75) is 13.0 Å². The molecule has 17 heavy (non-hydrogen) atoms. The van der Waals surface area contributed by atoms with Crippen molar-refractivity contribution in [3.8, 4) is 0 Å². The summed E-state index contributed by atoms with van der Waals surface area (Å²) in [4.78, 5) is 2.46. The third-order valence-corrected chi connectivity index (χ3v) is 3.55. The normalized spacial score (nSPS) is 18.9. The summed E-state index contributed by atoms with van der Waals surface area (Å²) in [6.45, 7) is 10.3. The maximum absolute atomic E-state index is 6.00. The van der Waals surface area contributed by atoms with Crippen LogP contribution in [-0.2, 0) is 0 Å². The van der Waals surface area contributed by atoms with Gasteiger partial charge in [0, 0.05) is 31.2 Å². The maximum atomic E-state index is 6.00. The van der Waals surface area contributed by atoms with Gasteiger partial charge in [0.1, 0.15) is 0 Å². The largest absolute Gasteiger partial charge is 0.314 e. The molecule has 1 saturated heterocycles. The second kappa shape index (κ2) is 5.67. The van der Waals surface area contributed by atoms with Crippen molar-refractivity contribution in [1.29, 1.82) is 0 Å². The molecule has 3 heteroatoms. The Labute approximate surface area is 108 Å². The topological polar surface area (TPSA) is 15.3 Å². The number of piperazine rings is 1. The first-order valence-corrected chi connectivity index (χ1v) is 6.43. The Morgan fingerprint density at radius 1 is 1.41 bits per heavy atom. The average molecular weight is 251 g/mol. The second-order valence-electron chi connectivity index (χ2n) is 4.47. The van der Waals surface area contributed by atoms with Gasteiger partial charge in [-0.05, 0) is 30.2 Å². The van der Waals surface area contributed by atoms with Crippen LogP contribution in [0.25, 0.3) is 0 Å². The molecule has 1 aromatic carbocycles. The van der Waals surface area contributed by atoms with Gasteiger partial charge in [-0.2, -0.15) is 0 Å². The van der Waals surface area contributed by atoms with Crippen LogP contribution in [0.2, 0.25) is 5.02 Å². The van der Waals surface area contributed by atoms with E-state index in [1.165, 1.54) is 11.1 Å². The first-order chi connectivity index (χ1) is 8.22. The summed E-state index contributed by atoms with van der Waals surface area (Å²) < 4.78 is 0. The van der Waals surface area contributed by atoms with E-state index >= 15 is 0 Å². The molecule has 1 aromatic rings. The molecule has 1 aliphatic rings. The molecule has 1 heterocycles. The van der Waals surface area contributed by atoms with Gasteiger partial charge >= 0.3 is 0 Å². The summed E-state index contributed by atoms with van der Waals surface area (Å²) in [6, 6.07) is 6.40. The summed E-state index contributed by atoms with van der Waals surface area (Å²) >= 11 is 6.00. The maximum Gasteiger partial charge on any atom is 0.0532 e. The number of aryl methyl sites for hydroxylation is 1. The zero-order valence-corrected chi connectivity index (χ0v) is 11.0. The Kier molecular flexibility index (Phi) is 4.21. The molecular formula is C14H19ClN2. The van der Waals surface area contributed by atoms with E-state index in [9.17, 15) is 0 Å². The highest BCUT2D eigenvalue weighted by Crippen LogP contribution is 2.27. The predicted molar refractivity (Wildman–Crippen MR) is 73.6 cm³/mol. The molecule has 0 amide bonds. The Morgan fingerprint density at radius 2 is 2.12 bits per heavy atom. The summed E-state index contributed by atoms with van der Waals surface area (Å²) in [7, 11) is 0. The fourth-order valence-corrected chi connectivity index (χ4v) is 2.63. The zero-order chi connectivity index (χ0) is 12.3. The van der Waals surface area contributed by atoms with E-state index in [0.717, 1.165) is 31.2 Å². The lowest BCUT2D eigenvalue weighted by Gasteiger charge is -2.34. The first kappa shape index (κ1) is 12.6. The quantitative estimate of drug-likeness (QED) is 0.830. The molecule has 92 valence electrons. The number of halogens is 1. The fraction of sp³-hybridized carbons (Fsp3) is 0.429. The Bertz CT molecular complexity index is 397. The lowest BCUT2D eigenvalue weighted by molar-refractivity contribution is 0.203. The van der Waals surface area contributed by atoms with E-state index in [1.807, 2.05) is 18.2 Å². The molecule has 0 aromatic heterocycles. The van der Waals surface area contributed by atoms with E-state index in [0.29, 0.717) is 6.04 Å². The molecule has 1 aliphatic heterocycles. The fourth-order valence-electron chi connectivity index (χ4n) is 2.40. The van der Waals surface area contributed by atoms with Crippen LogP contribution in [0.4, 0.5) is 0 Å². The van der Waals surface area contributed by atoms with E-state index in [2.05, 4.69) is 29.8 Å². The molecule has 0 spiro atoms. The predicted octanol–water partition coefficient (Wildman–Crippen LogP) is 2.78. The van der Waals surface area contributed by atoms with Crippen LogP contribution >= 0.6 is 11.6 Å². The smallest absolute Gasteiger partial charge is 0.0532 e. The molecule has 1 fully saturated rings. The lowest BCUT2D eigenvalue weighted by Crippen LogP contribution is -2.44. The Hall–Kier alpha value is -0.830. The highest BCUT2D eigenvalue weighted by Gasteiger charge is 2.20. The Balaban J connectivity index is 2.24. The van der Waals surface area contributed by atoms with Crippen molar-refractivity contribution < 1.29 is 0 Å². The minimum absolute atomic E-state index is 0.300. The molecule has 1 atom stereocenters. The van der Waals surface area contributed by atoms with Crippen molar-refractivity contribution >= 4 is 11.6 Å². The first-order valence-electron chi connectivity index (χ1n) is 6.06. The van der Waals surface area contributed by atoms with Crippen molar-refractivity contribution in [2.24, 2.45) is 0 Å². The van der Waals surface area contributed by atoms with Crippen molar-refractivity contribution in [3.63, 3.8) is 0 Å². The van der Waals surface area contributed by atoms with Crippen LogP contribution in [-0.4, -0.2) is 31.1 Å². The second-order valence-corrected chi connectivity index (χ2v) is 4.90. The van der Waals surface area contributed by atoms with Gasteiger partial charge in [-0.3, -0.25) is 4.90 Å².